The summed E-state index contributed by atoms with van der Waals surface area (Å²) in [5, 5.41) is 0.630. The van der Waals surface area contributed by atoms with E-state index in [4.69, 9.17) is 17.3 Å². The van der Waals surface area contributed by atoms with Gasteiger partial charge in [-0.15, -0.1) is 0 Å². The Morgan fingerprint density at radius 1 is 2.00 bits per heavy atom. The molecule has 2 N–H and O–H groups in total. The molecule has 0 radical (unpaired) electrons. The molecular weight excluding hydrogens is 85.5 g/mol. The second-order valence-electron chi connectivity index (χ2n) is 0.753. The van der Waals surface area contributed by atoms with Crippen LogP contribution in [-0.2, 0) is 0 Å². The molecule has 0 aromatic heterocycles. The molecule has 0 rings (SSSR count). The maximum atomic E-state index is 5.20. The average Bonchev–Trinajstić information content (AvgIpc) is 1.38. The predicted octanol–water partition coefficient (Wildman–Crippen LogP) is 1.05. The topological polar surface area (TPSA) is 26.0 Å². The molecule has 5 heavy (non-hydrogen) atoms. The highest BCUT2D eigenvalue weighted by atomic mass is 35.5. The first-order valence-corrected chi connectivity index (χ1v) is 1.69. The van der Waals surface area contributed by atoms with Crippen molar-refractivity contribution in [1.29, 1.82) is 0 Å². The minimum absolute atomic E-state index is 0.630. The quantitative estimate of drug-likeness (QED) is 0.474. The van der Waals surface area contributed by atoms with Gasteiger partial charge in [-0.3, -0.25) is 0 Å². The summed E-state index contributed by atoms with van der Waals surface area (Å²) in [4.78, 5) is 0. The fraction of sp³-hybridized carbons (Fsp3) is 0.333. The van der Waals surface area contributed by atoms with Crippen LogP contribution in [-0.4, -0.2) is 0 Å². The van der Waals surface area contributed by atoms with Gasteiger partial charge < -0.3 is 5.73 Å². The van der Waals surface area contributed by atoms with Gasteiger partial charge in [-0.2, -0.15) is 0 Å². The summed E-state index contributed by atoms with van der Waals surface area (Å²) < 4.78 is 0. The van der Waals surface area contributed by atoms with Crippen LogP contribution in [0.3, 0.4) is 0 Å². The Labute approximate surface area is 36.4 Å². The van der Waals surface area contributed by atoms with Crippen molar-refractivity contribution in [2.24, 2.45) is 5.73 Å². The van der Waals surface area contributed by atoms with Crippen molar-refractivity contribution in [3.05, 3.63) is 11.2 Å². The Kier molecular flexibility index (Phi) is 2.02. The smallest absolute Gasteiger partial charge is 0.0304 e. The van der Waals surface area contributed by atoms with E-state index < -0.39 is 0 Å². The summed E-state index contributed by atoms with van der Waals surface area (Å²) in [6.07, 6.45) is 1.35. The lowest BCUT2D eigenvalue weighted by Crippen LogP contribution is -1.74. The van der Waals surface area contributed by atoms with Gasteiger partial charge in [-0.1, -0.05) is 11.6 Å². The maximum Gasteiger partial charge on any atom is 0.0304 e. The Morgan fingerprint density at radius 2 is 2.20 bits per heavy atom. The Morgan fingerprint density at radius 3 is 2.20 bits per heavy atom. The van der Waals surface area contributed by atoms with E-state index in [1.165, 1.54) is 6.20 Å². The third kappa shape index (κ3) is 3.83. The first-order chi connectivity index (χ1) is 2.27. The van der Waals surface area contributed by atoms with E-state index in [2.05, 4.69) is 0 Å². The molecule has 1 nitrogen and oxygen atoms in total. The monoisotopic (exact) mass is 91.0 g/mol. The van der Waals surface area contributed by atoms with Crippen LogP contribution in [0.5, 0.6) is 0 Å². The molecule has 0 aromatic rings. The van der Waals surface area contributed by atoms with Crippen LogP contribution in [0.25, 0.3) is 0 Å². The SMILES string of the molecule is CC(Cl)=CN. The molecular formula is C3H6ClN. The van der Waals surface area contributed by atoms with Crippen molar-refractivity contribution in [3.63, 3.8) is 0 Å². The first-order valence-electron chi connectivity index (χ1n) is 1.31. The van der Waals surface area contributed by atoms with E-state index in [-0.39, 0.29) is 0 Å². The number of rotatable bonds is 0. The van der Waals surface area contributed by atoms with Gasteiger partial charge in [-0.25, -0.2) is 0 Å². The van der Waals surface area contributed by atoms with Gasteiger partial charge in [0.1, 0.15) is 0 Å². The largest absolute Gasteiger partial charge is 0.404 e. The minimum Gasteiger partial charge on any atom is -0.404 e. The lowest BCUT2D eigenvalue weighted by molar-refractivity contribution is 1.51. The van der Waals surface area contributed by atoms with E-state index in [1.54, 1.807) is 6.92 Å². The molecule has 0 aliphatic carbocycles. The fourth-order valence-electron chi connectivity index (χ4n) is 0. The molecule has 30 valence electrons. The highest BCUT2D eigenvalue weighted by Crippen LogP contribution is 1.90. The van der Waals surface area contributed by atoms with Crippen molar-refractivity contribution in [2.75, 3.05) is 0 Å². The maximum absolute atomic E-state index is 5.20. The number of allylic oxidation sites excluding steroid dienone is 1. The molecule has 0 aliphatic heterocycles. The van der Waals surface area contributed by atoms with Crippen molar-refractivity contribution in [2.45, 2.75) is 6.92 Å². The van der Waals surface area contributed by atoms with Crippen molar-refractivity contribution >= 4 is 11.6 Å². The Bertz CT molecular complexity index is 44.9. The normalized spacial score (nSPS) is 12.0. The molecule has 0 aliphatic rings. The van der Waals surface area contributed by atoms with Crippen LogP contribution in [0.2, 0.25) is 0 Å². The second-order valence-corrected chi connectivity index (χ2v) is 1.35. The van der Waals surface area contributed by atoms with Gasteiger partial charge >= 0.3 is 0 Å². The van der Waals surface area contributed by atoms with Gasteiger partial charge in [0, 0.05) is 11.2 Å². The molecule has 0 bridgehead atoms. The van der Waals surface area contributed by atoms with E-state index >= 15 is 0 Å². The molecule has 0 atom stereocenters. The minimum atomic E-state index is 0.630. The van der Waals surface area contributed by atoms with Gasteiger partial charge in [0.15, 0.2) is 0 Å². The highest BCUT2D eigenvalue weighted by molar-refractivity contribution is 6.29. The molecule has 0 amide bonds. The zero-order valence-electron chi connectivity index (χ0n) is 3.03. The molecule has 0 saturated heterocycles. The first kappa shape index (κ1) is 4.83. The summed E-state index contributed by atoms with van der Waals surface area (Å²) in [5.41, 5.74) is 4.88. The summed E-state index contributed by atoms with van der Waals surface area (Å²) in [6.45, 7) is 1.72. The molecule has 0 spiro atoms. The third-order valence-corrected chi connectivity index (χ3v) is 0.356. The van der Waals surface area contributed by atoms with Crippen molar-refractivity contribution in [1.82, 2.24) is 0 Å². The molecule has 0 saturated carbocycles. The van der Waals surface area contributed by atoms with Crippen LogP contribution in [0.1, 0.15) is 6.92 Å². The van der Waals surface area contributed by atoms with Crippen LogP contribution in [0.4, 0.5) is 0 Å². The van der Waals surface area contributed by atoms with Gasteiger partial charge in [-0.05, 0) is 6.92 Å². The van der Waals surface area contributed by atoms with Crippen LogP contribution in [0.15, 0.2) is 11.2 Å². The second kappa shape index (κ2) is 2.09. The van der Waals surface area contributed by atoms with Crippen molar-refractivity contribution < 1.29 is 0 Å². The predicted molar refractivity (Wildman–Crippen MR) is 23.8 cm³/mol. The van der Waals surface area contributed by atoms with E-state index in [1.807, 2.05) is 0 Å². The van der Waals surface area contributed by atoms with Gasteiger partial charge in [0.2, 0.25) is 0 Å². The molecule has 0 fully saturated rings. The molecule has 2 heteroatoms. The summed E-state index contributed by atoms with van der Waals surface area (Å²) in [7, 11) is 0. The summed E-state index contributed by atoms with van der Waals surface area (Å²) >= 11 is 5.20. The third-order valence-electron chi connectivity index (χ3n) is 0.230. The number of hydrogen-bond donors (Lipinski definition) is 1. The van der Waals surface area contributed by atoms with Crippen LogP contribution < -0.4 is 5.73 Å². The number of nitrogens with two attached hydrogens (primary N) is 1. The van der Waals surface area contributed by atoms with E-state index in [9.17, 15) is 0 Å². The van der Waals surface area contributed by atoms with Gasteiger partial charge in [0.05, 0.1) is 0 Å². The zero-order valence-corrected chi connectivity index (χ0v) is 3.79. The molecule has 0 heterocycles. The molecule has 0 aromatic carbocycles. The zero-order chi connectivity index (χ0) is 4.28. The van der Waals surface area contributed by atoms with E-state index in [0.717, 1.165) is 0 Å². The Balaban J connectivity index is 3.14. The number of hydrogen-bond acceptors (Lipinski definition) is 1. The van der Waals surface area contributed by atoms with E-state index in [0.29, 0.717) is 5.03 Å². The van der Waals surface area contributed by atoms with Crippen LogP contribution in [0, 0.1) is 0 Å². The average molecular weight is 91.5 g/mol. The number of halogens is 1. The fourth-order valence-corrected chi connectivity index (χ4v) is 0. The Hall–Kier alpha value is -0.170. The van der Waals surface area contributed by atoms with Crippen LogP contribution >= 0.6 is 11.6 Å². The lowest BCUT2D eigenvalue weighted by Gasteiger charge is -1.71. The summed E-state index contributed by atoms with van der Waals surface area (Å²) in [6, 6.07) is 0. The standard InChI is InChI=1S/C3H6ClN/c1-3(4)2-5/h2H,5H2,1H3. The lowest BCUT2D eigenvalue weighted by atomic mass is 10.7. The summed E-state index contributed by atoms with van der Waals surface area (Å²) in [5.74, 6) is 0. The van der Waals surface area contributed by atoms with Gasteiger partial charge in [0.25, 0.3) is 0 Å². The highest BCUT2D eigenvalue weighted by Gasteiger charge is 1.64. The molecule has 0 unspecified atom stereocenters. The van der Waals surface area contributed by atoms with Crippen molar-refractivity contribution in [3.8, 4) is 0 Å².